The first-order valence-electron chi connectivity index (χ1n) is 9.55. The maximum Gasteiger partial charge on any atom is 0.154 e. The topological polar surface area (TPSA) is 68.9 Å². The van der Waals surface area contributed by atoms with Crippen LogP contribution in [0.15, 0.2) is 48.8 Å². The zero-order valence-electron chi connectivity index (χ0n) is 16.2. The zero-order chi connectivity index (χ0) is 20.2. The predicted octanol–water partition coefficient (Wildman–Crippen LogP) is 3.11. The van der Waals surface area contributed by atoms with Crippen LogP contribution in [-0.2, 0) is 6.42 Å². The highest BCUT2D eigenvalue weighted by Gasteiger charge is 2.21. The lowest BCUT2D eigenvalue weighted by atomic mass is 10.1. The molecule has 7 heteroatoms. The van der Waals surface area contributed by atoms with Gasteiger partial charge in [-0.05, 0) is 42.3 Å². The van der Waals surface area contributed by atoms with Crippen LogP contribution in [-0.4, -0.2) is 41.4 Å². The number of aryl methyl sites for hydroxylation is 1. The zero-order valence-corrected chi connectivity index (χ0v) is 16.2. The molecule has 1 fully saturated rings. The van der Waals surface area contributed by atoms with E-state index in [-0.39, 0.29) is 5.82 Å². The summed E-state index contributed by atoms with van der Waals surface area (Å²) in [5.41, 5.74) is 4.48. The number of nitriles is 1. The molecule has 29 heavy (non-hydrogen) atoms. The maximum absolute atomic E-state index is 13.1. The molecule has 1 aliphatic rings. The van der Waals surface area contributed by atoms with Crippen molar-refractivity contribution in [3.05, 3.63) is 77.0 Å². The maximum atomic E-state index is 13.1. The molecule has 3 heterocycles. The van der Waals surface area contributed by atoms with Crippen molar-refractivity contribution in [1.29, 1.82) is 5.26 Å². The minimum atomic E-state index is -0.237. The Morgan fingerprint density at radius 3 is 2.45 bits per heavy atom. The second-order valence-electron chi connectivity index (χ2n) is 7.12. The van der Waals surface area contributed by atoms with Gasteiger partial charge >= 0.3 is 0 Å². The van der Waals surface area contributed by atoms with Crippen LogP contribution >= 0.6 is 0 Å². The number of aromatic nitrogens is 3. The number of piperazine rings is 1. The Kier molecular flexibility index (Phi) is 5.34. The molecule has 3 aromatic rings. The summed E-state index contributed by atoms with van der Waals surface area (Å²) in [5, 5.41) is 18.2. The van der Waals surface area contributed by atoms with E-state index in [1.807, 2.05) is 13.0 Å². The van der Waals surface area contributed by atoms with E-state index in [0.29, 0.717) is 12.0 Å². The monoisotopic (exact) mass is 388 g/mol. The molecule has 4 rings (SSSR count). The van der Waals surface area contributed by atoms with Gasteiger partial charge in [-0.15, -0.1) is 5.10 Å². The van der Waals surface area contributed by atoms with E-state index in [1.54, 1.807) is 24.5 Å². The van der Waals surface area contributed by atoms with Gasteiger partial charge in [0.15, 0.2) is 5.82 Å². The van der Waals surface area contributed by atoms with Gasteiger partial charge in [-0.3, -0.25) is 4.98 Å². The quantitative estimate of drug-likeness (QED) is 0.684. The molecule has 0 saturated carbocycles. The number of rotatable bonds is 4. The molecule has 6 nitrogen and oxygen atoms in total. The Hall–Kier alpha value is -3.53. The molecule has 146 valence electrons. The molecule has 2 aromatic heterocycles. The van der Waals surface area contributed by atoms with Crippen LogP contribution in [0.5, 0.6) is 0 Å². The van der Waals surface area contributed by atoms with E-state index in [4.69, 9.17) is 0 Å². The minimum Gasteiger partial charge on any atom is -0.367 e. The summed E-state index contributed by atoms with van der Waals surface area (Å²) < 4.78 is 13.1. The van der Waals surface area contributed by atoms with Gasteiger partial charge in [0, 0.05) is 45.0 Å². The number of hydrogen-bond donors (Lipinski definition) is 0. The molecular weight excluding hydrogens is 367 g/mol. The largest absolute Gasteiger partial charge is 0.367 e. The van der Waals surface area contributed by atoms with Crippen molar-refractivity contribution in [2.24, 2.45) is 0 Å². The highest BCUT2D eigenvalue weighted by Crippen LogP contribution is 2.24. The Labute approximate surface area is 169 Å². The Balaban J connectivity index is 1.43. The van der Waals surface area contributed by atoms with Crippen LogP contribution in [0.3, 0.4) is 0 Å². The first-order valence-corrected chi connectivity index (χ1v) is 9.55. The molecule has 0 N–H and O–H groups in total. The summed E-state index contributed by atoms with van der Waals surface area (Å²) in [7, 11) is 0. The molecule has 1 aromatic carbocycles. The summed E-state index contributed by atoms with van der Waals surface area (Å²) in [4.78, 5) is 8.47. The molecule has 0 aliphatic carbocycles. The number of anilines is 2. The average Bonchev–Trinajstić information content (AvgIpc) is 2.76. The normalized spacial score (nSPS) is 14.0. The van der Waals surface area contributed by atoms with Crippen molar-refractivity contribution in [3.8, 4) is 6.07 Å². The number of nitrogens with zero attached hydrogens (tertiary/aromatic N) is 6. The van der Waals surface area contributed by atoms with Crippen LogP contribution in [0.2, 0.25) is 0 Å². The highest BCUT2D eigenvalue weighted by molar-refractivity contribution is 5.59. The summed E-state index contributed by atoms with van der Waals surface area (Å²) in [6.07, 6.45) is 3.95. The molecule has 0 bridgehead atoms. The van der Waals surface area contributed by atoms with Gasteiger partial charge in [0.25, 0.3) is 0 Å². The summed E-state index contributed by atoms with van der Waals surface area (Å²) in [5.74, 6) is 0.655. The molecule has 0 unspecified atom stereocenters. The Morgan fingerprint density at radius 2 is 1.76 bits per heavy atom. The Bertz CT molecular complexity index is 1040. The molecule has 0 atom stereocenters. The van der Waals surface area contributed by atoms with Crippen molar-refractivity contribution in [1.82, 2.24) is 15.2 Å². The van der Waals surface area contributed by atoms with Crippen LogP contribution in [0.4, 0.5) is 15.9 Å². The predicted molar refractivity (Wildman–Crippen MR) is 109 cm³/mol. The molecule has 0 radical (unpaired) electrons. The third-order valence-electron chi connectivity index (χ3n) is 5.15. The molecule has 1 aliphatic heterocycles. The van der Waals surface area contributed by atoms with Gasteiger partial charge in [-0.2, -0.15) is 10.4 Å². The summed E-state index contributed by atoms with van der Waals surface area (Å²) >= 11 is 0. The fourth-order valence-corrected chi connectivity index (χ4v) is 3.65. The average molecular weight is 388 g/mol. The van der Waals surface area contributed by atoms with E-state index in [1.165, 1.54) is 12.1 Å². The lowest BCUT2D eigenvalue weighted by Crippen LogP contribution is -2.47. The van der Waals surface area contributed by atoms with Crippen molar-refractivity contribution < 1.29 is 4.39 Å². The standard InChI is InChI=1S/C22H21FN6/c1-16-12-20(13-17-2-4-19(23)5-3-17)26-27-22(16)29-10-8-28(9-11-29)21-6-7-25-15-18(21)14-24/h2-7,12,15H,8-11,13H2,1H3. The number of pyridine rings is 1. The van der Waals surface area contributed by atoms with Crippen LogP contribution in [0.25, 0.3) is 0 Å². The van der Waals surface area contributed by atoms with Gasteiger partial charge in [0.2, 0.25) is 0 Å². The number of benzene rings is 1. The first-order chi connectivity index (χ1) is 14.1. The molecule has 0 amide bonds. The van der Waals surface area contributed by atoms with Gasteiger partial charge < -0.3 is 9.80 Å². The lowest BCUT2D eigenvalue weighted by molar-refractivity contribution is 0.627. The Morgan fingerprint density at radius 1 is 1.03 bits per heavy atom. The molecule has 1 saturated heterocycles. The summed E-state index contributed by atoms with van der Waals surface area (Å²) in [6, 6.07) is 12.6. The third-order valence-corrected chi connectivity index (χ3v) is 5.15. The SMILES string of the molecule is Cc1cc(Cc2ccc(F)cc2)nnc1N1CCN(c2ccncc2C#N)CC1. The molecule has 0 spiro atoms. The highest BCUT2D eigenvalue weighted by atomic mass is 19.1. The number of halogens is 1. The van der Waals surface area contributed by atoms with Crippen LogP contribution < -0.4 is 9.80 Å². The van der Waals surface area contributed by atoms with Crippen molar-refractivity contribution in [3.63, 3.8) is 0 Å². The van der Waals surface area contributed by atoms with Gasteiger partial charge in [0.05, 0.1) is 16.9 Å². The van der Waals surface area contributed by atoms with Gasteiger partial charge in [-0.1, -0.05) is 12.1 Å². The van der Waals surface area contributed by atoms with E-state index >= 15 is 0 Å². The van der Waals surface area contributed by atoms with Crippen molar-refractivity contribution in [2.45, 2.75) is 13.3 Å². The van der Waals surface area contributed by atoms with E-state index in [0.717, 1.165) is 54.5 Å². The number of hydrogen-bond acceptors (Lipinski definition) is 6. The minimum absolute atomic E-state index is 0.237. The second kappa shape index (κ2) is 8.23. The van der Waals surface area contributed by atoms with E-state index in [2.05, 4.69) is 37.1 Å². The van der Waals surface area contributed by atoms with Gasteiger partial charge in [0.1, 0.15) is 11.9 Å². The second-order valence-corrected chi connectivity index (χ2v) is 7.12. The molecular formula is C22H21FN6. The smallest absolute Gasteiger partial charge is 0.154 e. The van der Waals surface area contributed by atoms with Gasteiger partial charge in [-0.25, -0.2) is 4.39 Å². The fourth-order valence-electron chi connectivity index (χ4n) is 3.65. The van der Waals surface area contributed by atoms with Crippen LogP contribution in [0, 0.1) is 24.1 Å². The lowest BCUT2D eigenvalue weighted by Gasteiger charge is -2.37. The van der Waals surface area contributed by atoms with E-state index < -0.39 is 0 Å². The third kappa shape index (κ3) is 4.16. The van der Waals surface area contributed by atoms with Crippen LogP contribution in [0.1, 0.15) is 22.4 Å². The van der Waals surface area contributed by atoms with Crippen molar-refractivity contribution >= 4 is 11.5 Å². The van der Waals surface area contributed by atoms with E-state index in [9.17, 15) is 9.65 Å². The summed E-state index contributed by atoms with van der Waals surface area (Å²) in [6.45, 7) is 5.26. The van der Waals surface area contributed by atoms with Crippen molar-refractivity contribution in [2.75, 3.05) is 36.0 Å². The first kappa shape index (κ1) is 18.8. The fraction of sp³-hybridized carbons (Fsp3) is 0.273.